The molecule has 0 amide bonds. The first-order valence-corrected chi connectivity index (χ1v) is 4.03. The molecule has 0 aliphatic carbocycles. The number of oxazole rings is 1. The van der Waals surface area contributed by atoms with E-state index < -0.39 is 5.97 Å². The van der Waals surface area contributed by atoms with Gasteiger partial charge in [-0.25, -0.2) is 4.79 Å². The van der Waals surface area contributed by atoms with Gasteiger partial charge < -0.3 is 13.9 Å². The first-order chi connectivity index (χ1) is 6.27. The topological polar surface area (TPSA) is 61.6 Å². The van der Waals surface area contributed by atoms with Crippen LogP contribution in [0, 0.1) is 0 Å². The number of ether oxygens (including phenoxy) is 2. The maximum Gasteiger partial charge on any atom is 0.394 e. The van der Waals surface area contributed by atoms with Gasteiger partial charge in [-0.05, 0) is 13.8 Å². The Balaban J connectivity index is 2.62. The van der Waals surface area contributed by atoms with E-state index in [0.717, 1.165) is 0 Å². The van der Waals surface area contributed by atoms with E-state index in [-0.39, 0.29) is 11.8 Å². The van der Waals surface area contributed by atoms with Crippen molar-refractivity contribution < 1.29 is 18.7 Å². The van der Waals surface area contributed by atoms with Crippen LogP contribution in [0.3, 0.4) is 0 Å². The van der Waals surface area contributed by atoms with Crippen LogP contribution < -0.4 is 4.74 Å². The molecule has 0 aromatic carbocycles. The fourth-order valence-electron chi connectivity index (χ4n) is 0.745. The van der Waals surface area contributed by atoms with E-state index in [1.807, 2.05) is 0 Å². The number of nitrogens with zero attached hydrogens (tertiary/aromatic N) is 1. The maximum absolute atomic E-state index is 11.1. The average molecular weight is 185 g/mol. The zero-order valence-electron chi connectivity index (χ0n) is 7.57. The predicted molar refractivity (Wildman–Crippen MR) is 43.6 cm³/mol. The third-order valence-electron chi connectivity index (χ3n) is 1.23. The van der Waals surface area contributed by atoms with Crippen LogP contribution in [0.25, 0.3) is 0 Å². The van der Waals surface area contributed by atoms with E-state index >= 15 is 0 Å². The SMILES string of the molecule is CCOC(=O)c1cnc(OCC)o1. The zero-order valence-corrected chi connectivity index (χ0v) is 7.57. The molecule has 0 spiro atoms. The normalized spacial score (nSPS) is 9.69. The summed E-state index contributed by atoms with van der Waals surface area (Å²) in [5, 5.41) is 0. The molecule has 0 aliphatic heterocycles. The summed E-state index contributed by atoms with van der Waals surface area (Å²) < 4.78 is 14.6. The first kappa shape index (κ1) is 9.57. The lowest BCUT2D eigenvalue weighted by Gasteiger charge is -1.96. The molecule has 1 heterocycles. The van der Waals surface area contributed by atoms with Crippen molar-refractivity contribution in [3.8, 4) is 6.08 Å². The van der Waals surface area contributed by atoms with Gasteiger partial charge in [0.1, 0.15) is 0 Å². The predicted octanol–water partition coefficient (Wildman–Crippen LogP) is 1.25. The molecule has 1 aromatic heterocycles. The molecule has 0 saturated heterocycles. The van der Waals surface area contributed by atoms with Crippen LogP contribution in [-0.4, -0.2) is 24.2 Å². The number of hydrogen-bond acceptors (Lipinski definition) is 5. The molecule has 1 rings (SSSR count). The molecule has 0 radical (unpaired) electrons. The number of esters is 1. The van der Waals surface area contributed by atoms with Crippen molar-refractivity contribution in [1.82, 2.24) is 4.98 Å². The van der Waals surface area contributed by atoms with E-state index in [4.69, 9.17) is 13.9 Å². The highest BCUT2D eigenvalue weighted by Crippen LogP contribution is 2.11. The second-order valence-electron chi connectivity index (χ2n) is 2.14. The standard InChI is InChI=1S/C8H11NO4/c1-3-11-7(10)6-5-9-8(13-6)12-4-2/h5H,3-4H2,1-2H3. The van der Waals surface area contributed by atoms with Crippen molar-refractivity contribution in [2.75, 3.05) is 13.2 Å². The Morgan fingerprint density at radius 2 is 2.31 bits per heavy atom. The number of aromatic nitrogens is 1. The number of carbonyl (C=O) groups excluding carboxylic acids is 1. The van der Waals surface area contributed by atoms with Crippen LogP contribution >= 0.6 is 0 Å². The highest BCUT2D eigenvalue weighted by molar-refractivity contribution is 5.85. The van der Waals surface area contributed by atoms with Crippen molar-refractivity contribution in [3.05, 3.63) is 12.0 Å². The molecule has 0 fully saturated rings. The van der Waals surface area contributed by atoms with Crippen LogP contribution in [0.5, 0.6) is 6.08 Å². The molecule has 72 valence electrons. The first-order valence-electron chi connectivity index (χ1n) is 4.03. The van der Waals surface area contributed by atoms with Gasteiger partial charge in [0, 0.05) is 0 Å². The van der Waals surface area contributed by atoms with Crippen LogP contribution in [0.4, 0.5) is 0 Å². The number of rotatable bonds is 4. The Hall–Kier alpha value is -1.52. The fourth-order valence-corrected chi connectivity index (χ4v) is 0.745. The van der Waals surface area contributed by atoms with E-state index in [0.29, 0.717) is 13.2 Å². The van der Waals surface area contributed by atoms with Crippen molar-refractivity contribution in [2.24, 2.45) is 0 Å². The largest absolute Gasteiger partial charge is 0.460 e. The minimum absolute atomic E-state index is 0.0605. The van der Waals surface area contributed by atoms with Gasteiger partial charge in [-0.3, -0.25) is 0 Å². The summed E-state index contributed by atoms with van der Waals surface area (Å²) in [5.41, 5.74) is 0. The minimum Gasteiger partial charge on any atom is -0.460 e. The Morgan fingerprint density at radius 1 is 1.54 bits per heavy atom. The lowest BCUT2D eigenvalue weighted by molar-refractivity contribution is 0.0482. The van der Waals surface area contributed by atoms with Crippen molar-refractivity contribution >= 4 is 5.97 Å². The quantitative estimate of drug-likeness (QED) is 0.660. The van der Waals surface area contributed by atoms with Crippen LogP contribution in [0.1, 0.15) is 24.4 Å². The van der Waals surface area contributed by atoms with Gasteiger partial charge >= 0.3 is 12.0 Å². The summed E-state index contributed by atoms with van der Waals surface area (Å²) in [6.07, 6.45) is 1.37. The molecule has 13 heavy (non-hydrogen) atoms. The summed E-state index contributed by atoms with van der Waals surface area (Å²) in [6, 6.07) is 0. The molecular formula is C8H11NO4. The minimum atomic E-state index is -0.527. The lowest BCUT2D eigenvalue weighted by atomic mass is 10.5. The Kier molecular flexibility index (Phi) is 3.31. The maximum atomic E-state index is 11.1. The summed E-state index contributed by atoms with van der Waals surface area (Å²) in [4.78, 5) is 14.8. The van der Waals surface area contributed by atoms with E-state index in [1.54, 1.807) is 13.8 Å². The van der Waals surface area contributed by atoms with Crippen LogP contribution in [0.15, 0.2) is 10.6 Å². The van der Waals surface area contributed by atoms with E-state index in [2.05, 4.69) is 4.98 Å². The van der Waals surface area contributed by atoms with E-state index in [9.17, 15) is 4.79 Å². The van der Waals surface area contributed by atoms with Crippen LogP contribution in [0.2, 0.25) is 0 Å². The third-order valence-corrected chi connectivity index (χ3v) is 1.23. The van der Waals surface area contributed by atoms with Gasteiger partial charge in [-0.2, -0.15) is 4.98 Å². The van der Waals surface area contributed by atoms with Gasteiger partial charge in [0.25, 0.3) is 0 Å². The Bertz CT molecular complexity index is 281. The molecule has 0 bridgehead atoms. The highest BCUT2D eigenvalue weighted by atomic mass is 16.6. The van der Waals surface area contributed by atoms with Gasteiger partial charge in [0.2, 0.25) is 5.76 Å². The molecule has 0 atom stereocenters. The summed E-state index contributed by atoms with van der Waals surface area (Å²) in [7, 11) is 0. The molecular weight excluding hydrogens is 174 g/mol. The van der Waals surface area contributed by atoms with E-state index in [1.165, 1.54) is 6.20 Å². The second kappa shape index (κ2) is 4.49. The van der Waals surface area contributed by atoms with Crippen molar-refractivity contribution in [3.63, 3.8) is 0 Å². The lowest BCUT2D eigenvalue weighted by Crippen LogP contribution is -2.02. The molecule has 5 nitrogen and oxygen atoms in total. The number of carbonyl (C=O) groups is 1. The Morgan fingerprint density at radius 3 is 2.92 bits per heavy atom. The molecule has 0 unspecified atom stereocenters. The van der Waals surface area contributed by atoms with Crippen LogP contribution in [-0.2, 0) is 4.74 Å². The van der Waals surface area contributed by atoms with Gasteiger partial charge in [-0.1, -0.05) is 0 Å². The zero-order chi connectivity index (χ0) is 9.68. The third kappa shape index (κ3) is 2.47. The number of hydrogen-bond donors (Lipinski definition) is 0. The fraction of sp³-hybridized carbons (Fsp3) is 0.500. The van der Waals surface area contributed by atoms with Crippen molar-refractivity contribution in [1.29, 1.82) is 0 Å². The molecule has 5 heteroatoms. The van der Waals surface area contributed by atoms with Gasteiger partial charge in [0.05, 0.1) is 19.4 Å². The summed E-state index contributed by atoms with van der Waals surface area (Å²) in [6.45, 7) is 4.28. The van der Waals surface area contributed by atoms with Gasteiger partial charge in [0.15, 0.2) is 0 Å². The molecule has 0 saturated carbocycles. The summed E-state index contributed by atoms with van der Waals surface area (Å²) in [5.74, 6) is -0.466. The average Bonchev–Trinajstić information content (AvgIpc) is 2.54. The Labute approximate surface area is 75.7 Å². The summed E-state index contributed by atoms with van der Waals surface area (Å²) >= 11 is 0. The molecule has 0 N–H and O–H groups in total. The van der Waals surface area contributed by atoms with Crippen molar-refractivity contribution in [2.45, 2.75) is 13.8 Å². The molecule has 1 aromatic rings. The smallest absolute Gasteiger partial charge is 0.394 e. The molecule has 0 aliphatic rings. The monoisotopic (exact) mass is 185 g/mol. The van der Waals surface area contributed by atoms with Gasteiger partial charge in [-0.15, -0.1) is 0 Å². The highest BCUT2D eigenvalue weighted by Gasteiger charge is 2.13. The second-order valence-corrected chi connectivity index (χ2v) is 2.14.